The SMILES string of the molecule is CC(C)CCCCCCCCCCCCCCCCCCCCC(=O)O[C@H](COC(=O)CCCCCCCCC(C)C)COP(=O)(O)OCC(O)COP(=O)(O)OC[C@@H](COC(=O)CCCCCCCCCCCCCC(C)C)OC(=O)CCCCCCCCCCCCCC(C)C. The van der Waals surface area contributed by atoms with Crippen molar-refractivity contribution in [2.24, 2.45) is 23.7 Å². The molecule has 0 bridgehead atoms. The second-order valence-electron chi connectivity index (χ2n) is 30.4. The smallest absolute Gasteiger partial charge is 0.462 e. The first-order valence-corrected chi connectivity index (χ1v) is 43.7. The number of carbonyl (C=O) groups excluding carboxylic acids is 4. The highest BCUT2D eigenvalue weighted by Gasteiger charge is 2.30. The van der Waals surface area contributed by atoms with Gasteiger partial charge in [0.05, 0.1) is 26.4 Å². The molecule has 0 aromatic heterocycles. The molecule has 0 saturated heterocycles. The summed E-state index contributed by atoms with van der Waals surface area (Å²) in [5.74, 6) is 0.917. The van der Waals surface area contributed by atoms with E-state index in [1.807, 2.05) is 0 Å². The number of hydrogen-bond acceptors (Lipinski definition) is 15. The van der Waals surface area contributed by atoms with Gasteiger partial charge in [0.15, 0.2) is 12.2 Å². The van der Waals surface area contributed by atoms with E-state index in [0.29, 0.717) is 31.6 Å². The molecule has 3 unspecified atom stereocenters. The number of hydrogen-bond donors (Lipinski definition) is 3. The summed E-state index contributed by atoms with van der Waals surface area (Å²) < 4.78 is 68.6. The number of phosphoric acid groups is 2. The minimum absolute atomic E-state index is 0.106. The van der Waals surface area contributed by atoms with E-state index >= 15 is 0 Å². The lowest BCUT2D eigenvalue weighted by molar-refractivity contribution is -0.161. The zero-order chi connectivity index (χ0) is 72.4. The second-order valence-corrected chi connectivity index (χ2v) is 33.3. The average Bonchev–Trinajstić information content (AvgIpc) is 0.958. The van der Waals surface area contributed by atoms with Crippen LogP contribution in [-0.4, -0.2) is 96.7 Å². The Balaban J connectivity index is 5.19. The number of unbranched alkanes of at least 4 members (excludes halogenated alkanes) is 42. The first kappa shape index (κ1) is 96.1. The Labute approximate surface area is 600 Å². The van der Waals surface area contributed by atoms with Gasteiger partial charge in [0.1, 0.15) is 19.3 Å². The molecule has 0 aromatic rings. The Kier molecular flexibility index (Phi) is 66.8. The summed E-state index contributed by atoms with van der Waals surface area (Å²) in [5.41, 5.74) is 0. The van der Waals surface area contributed by atoms with Crippen LogP contribution in [0.25, 0.3) is 0 Å². The Hall–Kier alpha value is -1.94. The second kappa shape index (κ2) is 68.2. The van der Waals surface area contributed by atoms with E-state index in [0.717, 1.165) is 114 Å². The van der Waals surface area contributed by atoms with Crippen molar-refractivity contribution in [1.29, 1.82) is 0 Å². The number of aliphatic hydroxyl groups is 1. The zero-order valence-corrected chi connectivity index (χ0v) is 66.2. The summed E-state index contributed by atoms with van der Waals surface area (Å²) in [4.78, 5) is 72.9. The highest BCUT2D eigenvalue weighted by molar-refractivity contribution is 7.47. The third-order valence-electron chi connectivity index (χ3n) is 18.3. The maximum Gasteiger partial charge on any atom is 0.472 e. The molecule has 0 spiro atoms. The van der Waals surface area contributed by atoms with Crippen LogP contribution < -0.4 is 0 Å². The Morgan fingerprint density at radius 3 is 0.633 bits per heavy atom. The molecule has 0 aliphatic heterocycles. The standard InChI is InChI=1S/C79H154O17P2/c1-69(2)55-47-39-31-25-19-15-13-11-9-10-12-14-16-22-29-35-45-53-61-78(83)96-75(66-90-77(82)60-52-44-38-37-42-50-58-72(7)8)68-94-98(87,88)92-64-73(80)63-91-97(85,86)93-67-74(95-79(84)62-54-46-36-30-24-18-21-27-33-41-49-57-71(5)6)65-89-76(81)59-51-43-34-28-23-17-20-26-32-40-48-56-70(3)4/h69-75,80H,9-68H2,1-8H3,(H,85,86)(H,87,88)/t73?,74-,75-/m1/s1. The number of rotatable bonds is 76. The Morgan fingerprint density at radius 2 is 0.429 bits per heavy atom. The van der Waals surface area contributed by atoms with E-state index < -0.39 is 97.5 Å². The minimum atomic E-state index is -4.96. The van der Waals surface area contributed by atoms with Gasteiger partial charge in [-0.1, -0.05) is 351 Å². The van der Waals surface area contributed by atoms with Crippen LogP contribution in [0.4, 0.5) is 0 Å². The summed E-state index contributed by atoms with van der Waals surface area (Å²) in [6, 6.07) is 0. The first-order valence-electron chi connectivity index (χ1n) is 40.7. The topological polar surface area (TPSA) is 237 Å². The molecule has 0 saturated carbocycles. The minimum Gasteiger partial charge on any atom is -0.462 e. The molecular weight excluding hydrogens is 1280 g/mol. The number of phosphoric ester groups is 2. The van der Waals surface area contributed by atoms with E-state index in [1.165, 1.54) is 199 Å². The van der Waals surface area contributed by atoms with Crippen molar-refractivity contribution in [3.63, 3.8) is 0 Å². The molecule has 0 aliphatic carbocycles. The van der Waals surface area contributed by atoms with Gasteiger partial charge in [-0.25, -0.2) is 9.13 Å². The number of carbonyl (C=O) groups is 4. The highest BCUT2D eigenvalue weighted by atomic mass is 31.2. The Bertz CT molecular complexity index is 1920. The van der Waals surface area contributed by atoms with Crippen molar-refractivity contribution in [1.82, 2.24) is 0 Å². The maximum absolute atomic E-state index is 13.1. The van der Waals surface area contributed by atoms with Crippen LogP contribution in [0.5, 0.6) is 0 Å². The van der Waals surface area contributed by atoms with Gasteiger partial charge in [0.25, 0.3) is 0 Å². The van der Waals surface area contributed by atoms with Gasteiger partial charge in [0, 0.05) is 25.7 Å². The van der Waals surface area contributed by atoms with Crippen LogP contribution in [0.15, 0.2) is 0 Å². The van der Waals surface area contributed by atoms with Crippen molar-refractivity contribution < 1.29 is 80.2 Å². The fourth-order valence-electron chi connectivity index (χ4n) is 12.1. The summed E-state index contributed by atoms with van der Waals surface area (Å²) in [7, 11) is -9.92. The molecule has 0 fully saturated rings. The maximum atomic E-state index is 13.1. The van der Waals surface area contributed by atoms with Crippen molar-refractivity contribution in [3.8, 4) is 0 Å². The van der Waals surface area contributed by atoms with Crippen LogP contribution in [0.3, 0.4) is 0 Å². The van der Waals surface area contributed by atoms with Crippen LogP contribution >= 0.6 is 15.6 Å². The third-order valence-corrected chi connectivity index (χ3v) is 20.2. The molecule has 98 heavy (non-hydrogen) atoms. The predicted octanol–water partition coefficient (Wildman–Crippen LogP) is 23.2. The molecule has 0 rings (SSSR count). The van der Waals surface area contributed by atoms with Gasteiger partial charge in [-0.05, 0) is 49.4 Å². The first-order chi connectivity index (χ1) is 47.1. The monoisotopic (exact) mass is 1440 g/mol. The third kappa shape index (κ3) is 72.4. The van der Waals surface area contributed by atoms with E-state index in [2.05, 4.69) is 55.4 Å². The van der Waals surface area contributed by atoms with Crippen molar-refractivity contribution in [3.05, 3.63) is 0 Å². The van der Waals surface area contributed by atoms with Gasteiger partial charge in [-0.3, -0.25) is 37.3 Å². The molecule has 0 aliphatic rings. The summed E-state index contributed by atoms with van der Waals surface area (Å²) in [5, 5.41) is 10.6. The number of ether oxygens (including phenoxy) is 4. The molecule has 17 nitrogen and oxygen atoms in total. The van der Waals surface area contributed by atoms with Gasteiger partial charge in [-0.15, -0.1) is 0 Å². The largest absolute Gasteiger partial charge is 0.472 e. The van der Waals surface area contributed by atoms with Crippen LogP contribution in [0.1, 0.15) is 402 Å². The highest BCUT2D eigenvalue weighted by Crippen LogP contribution is 2.45. The molecule has 0 heterocycles. The van der Waals surface area contributed by atoms with Crippen molar-refractivity contribution in [2.45, 2.75) is 420 Å². The summed E-state index contributed by atoms with van der Waals surface area (Å²) >= 11 is 0. The predicted molar refractivity (Wildman–Crippen MR) is 400 cm³/mol. The van der Waals surface area contributed by atoms with E-state index in [-0.39, 0.29) is 25.7 Å². The molecule has 0 amide bonds. The molecule has 3 N–H and O–H groups in total. The normalized spacial score (nSPS) is 14.1. The molecule has 0 radical (unpaired) electrons. The average molecular weight is 1440 g/mol. The van der Waals surface area contributed by atoms with Gasteiger partial charge in [-0.2, -0.15) is 0 Å². The molecular formula is C79H154O17P2. The van der Waals surface area contributed by atoms with Crippen molar-refractivity contribution >= 4 is 39.5 Å². The fourth-order valence-corrected chi connectivity index (χ4v) is 13.7. The van der Waals surface area contributed by atoms with E-state index in [9.17, 15) is 43.2 Å². The quantitative estimate of drug-likeness (QED) is 0.0222. The summed E-state index contributed by atoms with van der Waals surface area (Å²) in [6.45, 7) is 14.2. The van der Waals surface area contributed by atoms with Gasteiger partial charge >= 0.3 is 39.5 Å². The van der Waals surface area contributed by atoms with E-state index in [1.54, 1.807) is 0 Å². The fraction of sp³-hybridized carbons (Fsp3) is 0.949. The molecule has 582 valence electrons. The van der Waals surface area contributed by atoms with Crippen LogP contribution in [0, 0.1) is 23.7 Å². The van der Waals surface area contributed by atoms with Crippen LogP contribution in [-0.2, 0) is 65.4 Å². The Morgan fingerprint density at radius 1 is 0.255 bits per heavy atom. The zero-order valence-electron chi connectivity index (χ0n) is 64.4. The lowest BCUT2D eigenvalue weighted by atomic mass is 10.0. The summed E-state index contributed by atoms with van der Waals surface area (Å²) in [6.07, 6.45) is 54.3. The van der Waals surface area contributed by atoms with Crippen molar-refractivity contribution in [2.75, 3.05) is 39.6 Å². The van der Waals surface area contributed by atoms with Gasteiger partial charge in [0.2, 0.25) is 0 Å². The lowest BCUT2D eigenvalue weighted by Crippen LogP contribution is -2.30. The molecule has 5 atom stereocenters. The lowest BCUT2D eigenvalue weighted by Gasteiger charge is -2.21. The molecule has 19 heteroatoms. The van der Waals surface area contributed by atoms with E-state index in [4.69, 9.17) is 37.0 Å². The van der Waals surface area contributed by atoms with Gasteiger partial charge < -0.3 is 33.8 Å². The number of esters is 4. The molecule has 0 aromatic carbocycles. The number of aliphatic hydroxyl groups excluding tert-OH is 1. The van der Waals surface area contributed by atoms with Crippen LogP contribution in [0.2, 0.25) is 0 Å².